The summed E-state index contributed by atoms with van der Waals surface area (Å²) in [5.74, 6) is 0. The number of aromatic nitrogens is 4. The van der Waals surface area contributed by atoms with Crippen LogP contribution in [0.25, 0.3) is 11.2 Å². The minimum absolute atomic E-state index is 0.00500. The predicted molar refractivity (Wildman–Crippen MR) is 210 cm³/mol. The van der Waals surface area contributed by atoms with E-state index < -0.39 is 51.9 Å². The van der Waals surface area contributed by atoms with Crippen LogP contribution in [0, 0.1) is 0 Å². The van der Waals surface area contributed by atoms with E-state index in [9.17, 15) is 21.6 Å². The zero-order valence-corrected chi connectivity index (χ0v) is 33.2. The van der Waals surface area contributed by atoms with E-state index in [1.807, 2.05) is 66.7 Å². The number of nitrogens with zero attached hydrogens (tertiary/aromatic N) is 4. The molecule has 2 aromatic heterocycles. The SMILES string of the molecule is C[C@]1(OS(=O)(=O)C(F)(F)F)[C@H](OCc2ccccc2)[C@@H](OCc2ccccc2)[C@H](OCc2ccccc2)[C@@H](COCc2ccccc2)O[C@H]1n1cnc2c(Cl)ncnc21. The van der Waals surface area contributed by atoms with Crippen LogP contribution in [-0.4, -0.2) is 70.1 Å². The average Bonchev–Trinajstić information content (AvgIpc) is 3.63. The number of hydrogen-bond donors (Lipinski definition) is 0. The lowest BCUT2D eigenvalue weighted by Gasteiger charge is -2.43. The zero-order chi connectivity index (χ0) is 41.5. The molecule has 17 heteroatoms. The van der Waals surface area contributed by atoms with E-state index in [0.717, 1.165) is 24.4 Å². The highest BCUT2D eigenvalue weighted by Gasteiger charge is 2.62. The number of ether oxygens (including phenoxy) is 5. The summed E-state index contributed by atoms with van der Waals surface area (Å²) in [6, 6.07) is 36.4. The normalized spacial score (nSPS) is 22.6. The molecule has 310 valence electrons. The van der Waals surface area contributed by atoms with Gasteiger partial charge in [0.1, 0.15) is 36.3 Å². The minimum Gasteiger partial charge on any atom is -0.374 e. The highest BCUT2D eigenvalue weighted by Crippen LogP contribution is 2.46. The second-order valence-electron chi connectivity index (χ2n) is 13.9. The molecule has 0 unspecified atom stereocenters. The number of benzene rings is 4. The molecule has 0 N–H and O–H groups in total. The highest BCUT2D eigenvalue weighted by molar-refractivity contribution is 7.87. The van der Waals surface area contributed by atoms with Gasteiger partial charge in [-0.05, 0) is 29.2 Å². The third kappa shape index (κ3) is 9.99. The number of hydrogen-bond acceptors (Lipinski definition) is 11. The Morgan fingerprint density at radius 3 is 1.73 bits per heavy atom. The van der Waals surface area contributed by atoms with E-state index in [1.165, 1.54) is 10.9 Å². The van der Waals surface area contributed by atoms with E-state index in [1.54, 1.807) is 54.6 Å². The fourth-order valence-electron chi connectivity index (χ4n) is 6.88. The Morgan fingerprint density at radius 2 is 1.20 bits per heavy atom. The van der Waals surface area contributed by atoms with E-state index >= 15 is 0 Å². The topological polar surface area (TPSA) is 133 Å². The number of fused-ring (bicyclic) bond motifs is 1. The Labute approximate surface area is 343 Å². The van der Waals surface area contributed by atoms with Crippen molar-refractivity contribution in [3.05, 3.63) is 161 Å². The standard InChI is InChI=1S/C42H40ClF3N4O8S/c1-41(58-59(51,52)42(44,45)46)37(56-25-32-20-12-5-13-21-32)36(55-24-31-18-10-4-11-19-31)35(54-23-30-16-8-3-9-17-30)33(26-53-22-29-14-6-2-7-15-29)57-40(41)50-28-49-34-38(43)47-27-48-39(34)50/h2-21,27-28,33,35-37,40H,22-26H2,1H3/t33-,35-,36+,37-,40-,41+/m1/s1. The fraction of sp³-hybridized carbons (Fsp3) is 0.310. The van der Waals surface area contributed by atoms with Crippen molar-refractivity contribution in [3.63, 3.8) is 0 Å². The molecule has 1 saturated heterocycles. The van der Waals surface area contributed by atoms with Gasteiger partial charge < -0.3 is 23.7 Å². The summed E-state index contributed by atoms with van der Waals surface area (Å²) in [6.45, 7) is 0.738. The molecule has 7 rings (SSSR count). The maximum atomic E-state index is 14.5. The summed E-state index contributed by atoms with van der Waals surface area (Å²) < 4.78 is 110. The molecule has 1 aliphatic heterocycles. The largest absolute Gasteiger partial charge is 0.523 e. The Balaban J connectivity index is 1.43. The molecule has 1 aliphatic rings. The van der Waals surface area contributed by atoms with E-state index in [4.69, 9.17) is 39.5 Å². The van der Waals surface area contributed by atoms with Crippen LogP contribution in [0.3, 0.4) is 0 Å². The first-order valence-corrected chi connectivity index (χ1v) is 20.3. The maximum absolute atomic E-state index is 14.5. The molecule has 0 radical (unpaired) electrons. The number of imidazole rings is 1. The average molecular weight is 853 g/mol. The Bertz CT molecular complexity index is 2370. The van der Waals surface area contributed by atoms with Gasteiger partial charge in [-0.25, -0.2) is 19.1 Å². The van der Waals surface area contributed by atoms with Crippen LogP contribution in [0.1, 0.15) is 35.4 Å². The second kappa shape index (κ2) is 18.6. The highest BCUT2D eigenvalue weighted by atomic mass is 35.5. The molecule has 6 atom stereocenters. The minimum atomic E-state index is -6.39. The van der Waals surface area contributed by atoms with Crippen molar-refractivity contribution in [1.29, 1.82) is 0 Å². The lowest BCUT2D eigenvalue weighted by atomic mass is 9.89. The maximum Gasteiger partial charge on any atom is 0.523 e. The van der Waals surface area contributed by atoms with Crippen molar-refractivity contribution >= 4 is 32.9 Å². The molecule has 0 spiro atoms. The zero-order valence-electron chi connectivity index (χ0n) is 31.6. The third-order valence-electron chi connectivity index (χ3n) is 9.72. The van der Waals surface area contributed by atoms with Gasteiger partial charge in [0.2, 0.25) is 0 Å². The van der Waals surface area contributed by atoms with Crippen LogP contribution in [-0.2, 0) is 64.4 Å². The third-order valence-corrected chi connectivity index (χ3v) is 11.1. The Morgan fingerprint density at radius 1 is 0.712 bits per heavy atom. The Kier molecular flexibility index (Phi) is 13.4. The molecule has 59 heavy (non-hydrogen) atoms. The summed E-state index contributed by atoms with van der Waals surface area (Å²) >= 11 is 6.40. The van der Waals surface area contributed by atoms with Crippen molar-refractivity contribution in [2.24, 2.45) is 0 Å². The molecule has 0 aliphatic carbocycles. The van der Waals surface area contributed by atoms with Crippen LogP contribution in [0.5, 0.6) is 0 Å². The molecule has 0 saturated carbocycles. The van der Waals surface area contributed by atoms with Crippen LogP contribution < -0.4 is 0 Å². The van der Waals surface area contributed by atoms with Crippen molar-refractivity contribution in [3.8, 4) is 0 Å². The van der Waals surface area contributed by atoms with Crippen molar-refractivity contribution < 1.29 is 49.5 Å². The quantitative estimate of drug-likeness (QED) is 0.0534. The van der Waals surface area contributed by atoms with Crippen molar-refractivity contribution in [2.75, 3.05) is 6.61 Å². The summed E-state index contributed by atoms with van der Waals surface area (Å²) in [5, 5.41) is -0.0688. The van der Waals surface area contributed by atoms with Gasteiger partial charge in [-0.2, -0.15) is 21.6 Å². The molecule has 1 fully saturated rings. The number of alkyl halides is 3. The number of halogens is 4. The van der Waals surface area contributed by atoms with E-state index in [0.29, 0.717) is 11.1 Å². The van der Waals surface area contributed by atoms with Gasteiger partial charge in [0, 0.05) is 0 Å². The molecular formula is C42H40ClF3N4O8S. The first-order valence-electron chi connectivity index (χ1n) is 18.5. The predicted octanol–water partition coefficient (Wildman–Crippen LogP) is 7.98. The van der Waals surface area contributed by atoms with Crippen LogP contribution in [0.2, 0.25) is 5.15 Å². The summed E-state index contributed by atoms with van der Waals surface area (Å²) in [7, 11) is -6.39. The summed E-state index contributed by atoms with van der Waals surface area (Å²) in [6.07, 6.45) is -4.93. The van der Waals surface area contributed by atoms with Gasteiger partial charge in [0.25, 0.3) is 0 Å². The second-order valence-corrected chi connectivity index (χ2v) is 15.8. The van der Waals surface area contributed by atoms with Gasteiger partial charge >= 0.3 is 15.6 Å². The van der Waals surface area contributed by atoms with Gasteiger partial charge in [0.15, 0.2) is 22.6 Å². The molecular weight excluding hydrogens is 813 g/mol. The molecule has 4 aromatic carbocycles. The van der Waals surface area contributed by atoms with E-state index in [2.05, 4.69) is 15.0 Å². The number of rotatable bonds is 16. The molecule has 0 amide bonds. The van der Waals surface area contributed by atoms with Crippen molar-refractivity contribution in [1.82, 2.24) is 19.5 Å². The smallest absolute Gasteiger partial charge is 0.374 e. The van der Waals surface area contributed by atoms with Gasteiger partial charge in [0.05, 0.1) is 39.4 Å². The van der Waals surface area contributed by atoms with Crippen LogP contribution >= 0.6 is 11.6 Å². The molecule has 3 heterocycles. The van der Waals surface area contributed by atoms with Gasteiger partial charge in [-0.1, -0.05) is 133 Å². The summed E-state index contributed by atoms with van der Waals surface area (Å²) in [5.41, 5.74) is -5.50. The first kappa shape index (κ1) is 42.3. The van der Waals surface area contributed by atoms with Crippen LogP contribution in [0.4, 0.5) is 13.2 Å². The van der Waals surface area contributed by atoms with E-state index in [-0.39, 0.29) is 49.4 Å². The van der Waals surface area contributed by atoms with Crippen molar-refractivity contribution in [2.45, 2.75) is 75.1 Å². The first-order chi connectivity index (χ1) is 28.4. The fourth-order valence-corrected chi connectivity index (χ4v) is 7.80. The monoisotopic (exact) mass is 852 g/mol. The molecule has 12 nitrogen and oxygen atoms in total. The lowest BCUT2D eigenvalue weighted by Crippen LogP contribution is -2.59. The van der Waals surface area contributed by atoms with Gasteiger partial charge in [-0.3, -0.25) is 4.57 Å². The summed E-state index contributed by atoms with van der Waals surface area (Å²) in [4.78, 5) is 12.6. The lowest BCUT2D eigenvalue weighted by molar-refractivity contribution is -0.210. The Hall–Kier alpha value is -4.78. The molecule has 6 aromatic rings. The van der Waals surface area contributed by atoms with Gasteiger partial charge in [-0.15, -0.1) is 0 Å². The molecule has 0 bridgehead atoms. The van der Waals surface area contributed by atoms with Crippen LogP contribution in [0.15, 0.2) is 134 Å².